The van der Waals surface area contributed by atoms with Crippen molar-refractivity contribution in [3.63, 3.8) is 0 Å². The fraction of sp³-hybridized carbons (Fsp3) is 0.318. The van der Waals surface area contributed by atoms with Gasteiger partial charge in [0.1, 0.15) is 0 Å². The number of carbonyl (C=O) groups excluding carboxylic acids is 2. The van der Waals surface area contributed by atoms with E-state index in [1.165, 1.54) is 25.6 Å². The molecule has 0 heterocycles. The Bertz CT molecular complexity index is 1630. The van der Waals surface area contributed by atoms with Gasteiger partial charge in [0.2, 0.25) is 0 Å². The third kappa shape index (κ3) is 11.0. The highest BCUT2D eigenvalue weighted by molar-refractivity contribution is 5.87. The largest absolute Gasteiger partial charge is 0.507 e. The van der Waals surface area contributed by atoms with Crippen LogP contribution in [0.1, 0.15) is 61.1 Å². The number of nitrogens with zero attached hydrogens (tertiary/aromatic N) is 2. The van der Waals surface area contributed by atoms with Gasteiger partial charge in [-0.05, 0) is 96.5 Å². The van der Waals surface area contributed by atoms with Gasteiger partial charge in [-0.3, -0.25) is 0 Å². The van der Waals surface area contributed by atoms with Crippen LogP contribution in [0, 0.1) is 0 Å². The lowest BCUT2D eigenvalue weighted by Crippen LogP contribution is -2.21. The number of allylic oxidation sites excluding steroid dienone is 2. The Hall–Kier alpha value is -5.50. The minimum atomic E-state index is -0.685. The highest BCUT2D eigenvalue weighted by atomic mass is 16.7. The molecule has 0 amide bonds. The summed E-state index contributed by atoms with van der Waals surface area (Å²) in [6, 6.07) is 34.3. The molecule has 0 aliphatic carbocycles. The van der Waals surface area contributed by atoms with Gasteiger partial charge in [-0.2, -0.15) is 0 Å². The summed E-state index contributed by atoms with van der Waals surface area (Å²) in [4.78, 5) is 27.5. The fourth-order valence-electron chi connectivity index (χ4n) is 6.09. The fourth-order valence-corrected chi connectivity index (χ4v) is 6.09. The monoisotopic (exact) mass is 704 g/mol. The van der Waals surface area contributed by atoms with Gasteiger partial charge in [0, 0.05) is 50.4 Å². The number of anilines is 2. The molecule has 0 radical (unpaired) electrons. The lowest BCUT2D eigenvalue weighted by Gasteiger charge is -2.22. The van der Waals surface area contributed by atoms with Gasteiger partial charge in [0.05, 0.1) is 27.4 Å². The Morgan fingerprint density at radius 3 is 1.04 bits per heavy atom. The number of hydrogen-bond acceptors (Lipinski definition) is 8. The maximum absolute atomic E-state index is 11.4. The lowest BCUT2D eigenvalue weighted by molar-refractivity contribution is 0.0727. The van der Waals surface area contributed by atoms with Crippen LogP contribution >= 0.6 is 0 Å². The molecule has 0 spiro atoms. The zero-order chi connectivity index (χ0) is 37.3. The third-order valence-electron chi connectivity index (χ3n) is 9.11. The molecule has 0 saturated heterocycles. The van der Waals surface area contributed by atoms with Crippen molar-refractivity contribution in [2.45, 2.75) is 40.5 Å². The molecule has 0 aliphatic rings. The van der Waals surface area contributed by atoms with Crippen LogP contribution in [0.15, 0.2) is 109 Å². The maximum atomic E-state index is 11.4. The molecule has 4 aromatic rings. The average molecular weight is 705 g/mol. The van der Waals surface area contributed by atoms with Gasteiger partial charge < -0.3 is 28.7 Å². The van der Waals surface area contributed by atoms with Crippen molar-refractivity contribution >= 4 is 34.8 Å². The van der Waals surface area contributed by atoms with Crippen molar-refractivity contribution in [2.24, 2.45) is 0 Å². The molecule has 8 nitrogen and oxygen atoms in total. The molecule has 0 aliphatic heterocycles. The highest BCUT2D eigenvalue weighted by Crippen LogP contribution is 2.31. The van der Waals surface area contributed by atoms with Crippen molar-refractivity contribution in [2.75, 3.05) is 63.4 Å². The molecule has 0 aromatic heterocycles. The molecule has 8 heteroatoms. The lowest BCUT2D eigenvalue weighted by atomic mass is 9.92. The van der Waals surface area contributed by atoms with Crippen LogP contribution in [0.5, 0.6) is 0 Å². The summed E-state index contributed by atoms with van der Waals surface area (Å²) in [6.07, 6.45) is 4.19. The molecule has 0 fully saturated rings. The molecule has 4 rings (SSSR count). The van der Waals surface area contributed by atoms with E-state index in [0.717, 1.165) is 70.7 Å². The van der Waals surface area contributed by atoms with Crippen LogP contribution in [0.2, 0.25) is 0 Å². The second-order valence-corrected chi connectivity index (χ2v) is 12.1. The van der Waals surface area contributed by atoms with Crippen LogP contribution in [-0.4, -0.2) is 65.9 Å². The van der Waals surface area contributed by atoms with E-state index in [2.05, 4.69) is 156 Å². The van der Waals surface area contributed by atoms with Crippen LogP contribution in [-0.2, 0) is 31.8 Å². The van der Waals surface area contributed by atoms with E-state index in [0.29, 0.717) is 12.8 Å². The molecule has 274 valence electrons. The Kier molecular flexibility index (Phi) is 15.4. The maximum Gasteiger partial charge on any atom is 0.507 e. The number of carbonyl (C=O) groups is 2. The molecule has 0 saturated carbocycles. The average Bonchev–Trinajstić information content (AvgIpc) is 3.19. The van der Waals surface area contributed by atoms with Crippen molar-refractivity contribution in [1.82, 2.24) is 0 Å². The molecule has 4 aromatic carbocycles. The Morgan fingerprint density at radius 1 is 0.481 bits per heavy atom. The van der Waals surface area contributed by atoms with Gasteiger partial charge in [-0.1, -0.05) is 84.9 Å². The molecule has 52 heavy (non-hydrogen) atoms. The van der Waals surface area contributed by atoms with Crippen LogP contribution in [0.4, 0.5) is 21.0 Å². The summed E-state index contributed by atoms with van der Waals surface area (Å²) in [5, 5.41) is 0. The zero-order valence-electron chi connectivity index (χ0n) is 31.4. The topological polar surface area (TPSA) is 77.5 Å². The van der Waals surface area contributed by atoms with Gasteiger partial charge in [-0.25, -0.2) is 9.59 Å². The summed E-state index contributed by atoms with van der Waals surface area (Å²) >= 11 is 0. The number of methoxy groups -OCH3 is 2. The molecular formula is C44H52N2O6. The van der Waals surface area contributed by atoms with E-state index in [1.54, 1.807) is 0 Å². The van der Waals surface area contributed by atoms with E-state index in [-0.39, 0.29) is 13.2 Å². The van der Waals surface area contributed by atoms with Crippen molar-refractivity contribution in [3.8, 4) is 0 Å². The van der Waals surface area contributed by atoms with Crippen LogP contribution in [0.25, 0.3) is 11.1 Å². The SMILES string of the molecule is CCN(CC)c1ccc(C(=CC=C(c2ccc(CCOC(=O)OC)cc2)c2ccc(CCOC(=O)OC)cc2)c2ccc(N(CC)CC)cc2)cc1. The second kappa shape index (κ2) is 20.4. The summed E-state index contributed by atoms with van der Waals surface area (Å²) in [6.45, 7) is 13.0. The minimum absolute atomic E-state index is 0.238. The predicted molar refractivity (Wildman–Crippen MR) is 211 cm³/mol. The van der Waals surface area contributed by atoms with Crippen LogP contribution < -0.4 is 9.80 Å². The minimum Gasteiger partial charge on any atom is -0.438 e. The Morgan fingerprint density at radius 2 is 0.769 bits per heavy atom. The molecule has 0 unspecified atom stereocenters. The molecule has 0 N–H and O–H groups in total. The first-order valence-electron chi connectivity index (χ1n) is 18.1. The van der Waals surface area contributed by atoms with Crippen molar-refractivity contribution < 1.29 is 28.5 Å². The normalized spacial score (nSPS) is 10.5. The Balaban J connectivity index is 1.77. The van der Waals surface area contributed by atoms with Gasteiger partial charge >= 0.3 is 12.3 Å². The first kappa shape index (κ1) is 39.3. The smallest absolute Gasteiger partial charge is 0.438 e. The van der Waals surface area contributed by atoms with Gasteiger partial charge in [0.25, 0.3) is 0 Å². The first-order valence-corrected chi connectivity index (χ1v) is 18.1. The number of benzene rings is 4. The summed E-state index contributed by atoms with van der Waals surface area (Å²) in [5.74, 6) is 0. The zero-order valence-corrected chi connectivity index (χ0v) is 31.4. The van der Waals surface area contributed by atoms with E-state index < -0.39 is 12.3 Å². The van der Waals surface area contributed by atoms with E-state index in [1.807, 2.05) is 0 Å². The quantitative estimate of drug-likeness (QED) is 0.0795. The molecule has 0 atom stereocenters. The van der Waals surface area contributed by atoms with E-state index in [9.17, 15) is 9.59 Å². The number of hydrogen-bond donors (Lipinski definition) is 0. The number of rotatable bonds is 17. The highest BCUT2D eigenvalue weighted by Gasteiger charge is 2.12. The van der Waals surface area contributed by atoms with E-state index >= 15 is 0 Å². The molecule has 0 bridgehead atoms. The summed E-state index contributed by atoms with van der Waals surface area (Å²) in [5.41, 5.74) is 11.0. The predicted octanol–water partition coefficient (Wildman–Crippen LogP) is 9.59. The standard InChI is InChI=1S/C44H52N2O6/c1-7-45(8-2)39-23-19-37(20-24-39)42(38-21-25-40(26-22-38)46(9-3)10-4)28-27-41(35-15-11-33(12-16-35)29-31-51-43(47)49-5)36-17-13-34(14-18-36)30-32-52-44(48)50-6/h11-28H,7-10,29-32H2,1-6H3. The van der Waals surface area contributed by atoms with Crippen LogP contribution in [0.3, 0.4) is 0 Å². The second-order valence-electron chi connectivity index (χ2n) is 12.1. The van der Waals surface area contributed by atoms with Gasteiger partial charge in [-0.15, -0.1) is 0 Å². The summed E-state index contributed by atoms with van der Waals surface area (Å²) in [7, 11) is 2.60. The molecular weight excluding hydrogens is 652 g/mol. The summed E-state index contributed by atoms with van der Waals surface area (Å²) < 4.78 is 19.4. The van der Waals surface area contributed by atoms with Crippen molar-refractivity contribution in [3.05, 3.63) is 143 Å². The Labute approximate surface area is 309 Å². The number of ether oxygens (including phenoxy) is 4. The van der Waals surface area contributed by atoms with Crippen molar-refractivity contribution in [1.29, 1.82) is 0 Å². The third-order valence-corrected chi connectivity index (χ3v) is 9.11. The van der Waals surface area contributed by atoms with Gasteiger partial charge in [0.15, 0.2) is 0 Å². The first-order chi connectivity index (χ1) is 25.3. The van der Waals surface area contributed by atoms with E-state index in [4.69, 9.17) is 9.47 Å².